The minimum atomic E-state index is -0.196. The number of hydrogen-bond acceptors (Lipinski definition) is 4. The second-order valence-electron chi connectivity index (χ2n) is 5.55. The molecule has 0 aliphatic rings. The van der Waals surface area contributed by atoms with E-state index < -0.39 is 0 Å². The van der Waals surface area contributed by atoms with Crippen molar-refractivity contribution in [1.29, 1.82) is 0 Å². The Bertz CT molecular complexity index is 1020. The van der Waals surface area contributed by atoms with Crippen molar-refractivity contribution in [1.82, 2.24) is 8.94 Å². The fourth-order valence-corrected chi connectivity index (χ4v) is 3.45. The van der Waals surface area contributed by atoms with Gasteiger partial charge in [0.15, 0.2) is 0 Å². The number of aromatic amines is 1. The van der Waals surface area contributed by atoms with Gasteiger partial charge in [0.25, 0.3) is 0 Å². The molecule has 0 unspecified atom stereocenters. The van der Waals surface area contributed by atoms with Gasteiger partial charge in [-0.25, -0.2) is 9.79 Å². The maximum atomic E-state index is 12.1. The van der Waals surface area contributed by atoms with E-state index in [9.17, 15) is 4.79 Å². The van der Waals surface area contributed by atoms with E-state index in [4.69, 9.17) is 34.8 Å². The first kappa shape index (κ1) is 19.0. The third-order valence-electron chi connectivity index (χ3n) is 3.76. The van der Waals surface area contributed by atoms with Crippen LogP contribution in [0.25, 0.3) is 0 Å². The van der Waals surface area contributed by atoms with Crippen LogP contribution in [-0.4, -0.2) is 22.5 Å². The van der Waals surface area contributed by atoms with Crippen molar-refractivity contribution in [3.05, 3.63) is 72.8 Å². The van der Waals surface area contributed by atoms with Gasteiger partial charge >= 0.3 is 5.69 Å². The molecule has 0 fully saturated rings. The Morgan fingerprint density at radius 1 is 1.12 bits per heavy atom. The molecular weight excluding hydrogens is 415 g/mol. The highest BCUT2D eigenvalue weighted by atomic mass is 35.5. The van der Waals surface area contributed by atoms with Crippen LogP contribution >= 0.6 is 46.3 Å². The maximum Gasteiger partial charge on any atom is 0.337 e. The molecule has 1 heterocycles. The fourth-order valence-electron chi connectivity index (χ4n) is 2.31. The monoisotopic (exact) mass is 428 g/mol. The van der Waals surface area contributed by atoms with Gasteiger partial charge in [-0.1, -0.05) is 34.8 Å². The molecule has 0 saturated heterocycles. The minimum absolute atomic E-state index is 0.196. The van der Waals surface area contributed by atoms with Crippen LogP contribution in [-0.2, 0) is 6.54 Å². The molecule has 0 amide bonds. The van der Waals surface area contributed by atoms with E-state index in [2.05, 4.69) is 9.37 Å². The molecule has 3 rings (SSSR count). The molecule has 2 aromatic carbocycles. The minimum Gasteiger partial charge on any atom is -0.373 e. The van der Waals surface area contributed by atoms with Crippen LogP contribution in [0.5, 0.6) is 0 Å². The number of likely N-dealkylation sites (N-methyl/N-ethyl adjacent to an activating group) is 1. The van der Waals surface area contributed by atoms with Crippen molar-refractivity contribution in [3.63, 3.8) is 0 Å². The Morgan fingerprint density at radius 3 is 2.54 bits per heavy atom. The van der Waals surface area contributed by atoms with Crippen LogP contribution in [0, 0.1) is 0 Å². The molecule has 0 spiro atoms. The predicted molar refractivity (Wildman–Crippen MR) is 109 cm³/mol. The number of H-pyrrole nitrogens is 1. The highest BCUT2D eigenvalue weighted by Gasteiger charge is 2.06. The largest absolute Gasteiger partial charge is 0.373 e. The van der Waals surface area contributed by atoms with Gasteiger partial charge in [-0.05, 0) is 54.0 Å². The summed E-state index contributed by atoms with van der Waals surface area (Å²) >= 11 is 19.0. The van der Waals surface area contributed by atoms with Crippen molar-refractivity contribution < 1.29 is 0 Å². The van der Waals surface area contributed by atoms with Gasteiger partial charge in [0.1, 0.15) is 0 Å². The van der Waals surface area contributed by atoms with Gasteiger partial charge in [0, 0.05) is 30.8 Å². The number of aromatic nitrogens is 2. The summed E-state index contributed by atoms with van der Waals surface area (Å²) in [4.78, 5) is 19.2. The number of halogens is 3. The van der Waals surface area contributed by atoms with Gasteiger partial charge in [0.2, 0.25) is 4.80 Å². The number of nitrogens with one attached hydrogen (secondary N) is 1. The second-order valence-corrected chi connectivity index (χ2v) is 7.58. The highest BCUT2D eigenvalue weighted by molar-refractivity contribution is 7.02. The molecule has 136 valence electrons. The molecule has 0 bridgehead atoms. The normalized spacial score (nSPS) is 11.8. The lowest BCUT2D eigenvalue weighted by Gasteiger charge is -2.19. The van der Waals surface area contributed by atoms with Crippen LogP contribution in [0.2, 0.25) is 15.1 Å². The number of hydrogen-bond donors (Lipinski definition) is 1. The van der Waals surface area contributed by atoms with Crippen molar-refractivity contribution in [2.45, 2.75) is 6.54 Å². The zero-order chi connectivity index (χ0) is 18.7. The van der Waals surface area contributed by atoms with E-state index >= 15 is 0 Å². The fraction of sp³-hybridized carbons (Fsp3) is 0.176. The van der Waals surface area contributed by atoms with Crippen LogP contribution in [0.1, 0.15) is 0 Å². The third kappa shape index (κ3) is 4.51. The Hall–Kier alpha value is -1.73. The standard InChI is InChI=1S/C17H15Cl3N4OS/c1-23(13-5-2-11(18)3-6-13)8-9-24-16(25)22-26-17(24)21-12-4-7-14(19)15(20)10-12/h2-7,10H,8-9H2,1H3,(H,22,25)/b21-17-. The molecule has 3 aromatic rings. The first-order chi connectivity index (χ1) is 12.4. The summed E-state index contributed by atoms with van der Waals surface area (Å²) in [6.07, 6.45) is 0. The van der Waals surface area contributed by atoms with Crippen LogP contribution in [0.15, 0.2) is 52.3 Å². The lowest BCUT2D eigenvalue weighted by atomic mass is 10.3. The molecule has 0 radical (unpaired) electrons. The topological polar surface area (TPSA) is 53.4 Å². The van der Waals surface area contributed by atoms with E-state index in [1.807, 2.05) is 36.2 Å². The summed E-state index contributed by atoms with van der Waals surface area (Å²) in [7, 11) is 1.96. The van der Waals surface area contributed by atoms with E-state index in [0.29, 0.717) is 38.6 Å². The molecular formula is C17H15Cl3N4OS. The third-order valence-corrected chi connectivity index (χ3v) is 5.52. The Kier molecular flexibility index (Phi) is 6.09. The lowest BCUT2D eigenvalue weighted by molar-refractivity contribution is 0.641. The van der Waals surface area contributed by atoms with E-state index in [1.54, 1.807) is 22.8 Å². The van der Waals surface area contributed by atoms with Crippen LogP contribution in [0.3, 0.4) is 0 Å². The van der Waals surface area contributed by atoms with Crippen LogP contribution < -0.4 is 15.4 Å². The number of benzene rings is 2. The Labute approximate surface area is 169 Å². The molecule has 1 N–H and O–H groups in total. The smallest absolute Gasteiger partial charge is 0.337 e. The van der Waals surface area contributed by atoms with Gasteiger partial charge in [-0.2, -0.15) is 0 Å². The van der Waals surface area contributed by atoms with E-state index in [-0.39, 0.29) is 5.69 Å². The summed E-state index contributed by atoms with van der Waals surface area (Å²) in [5.41, 5.74) is 1.46. The van der Waals surface area contributed by atoms with Crippen molar-refractivity contribution in [3.8, 4) is 0 Å². The number of rotatable bonds is 5. The average Bonchev–Trinajstić information content (AvgIpc) is 2.96. The molecule has 26 heavy (non-hydrogen) atoms. The molecule has 1 aromatic heterocycles. The van der Waals surface area contributed by atoms with Gasteiger partial charge in [0.05, 0.1) is 15.7 Å². The SMILES string of the molecule is CN(CCn1c(=O)[nH]s/c1=N\c1ccc(Cl)c(Cl)c1)c1ccc(Cl)cc1. The summed E-state index contributed by atoms with van der Waals surface area (Å²) in [6.45, 7) is 1.12. The molecule has 0 saturated carbocycles. The van der Waals surface area contributed by atoms with E-state index in [0.717, 1.165) is 5.69 Å². The highest BCUT2D eigenvalue weighted by Crippen LogP contribution is 2.26. The summed E-state index contributed by atoms with van der Waals surface area (Å²) < 4.78 is 4.31. The van der Waals surface area contributed by atoms with Crippen molar-refractivity contribution >= 4 is 57.7 Å². The predicted octanol–water partition coefficient (Wildman–Crippen LogP) is 4.57. The van der Waals surface area contributed by atoms with Gasteiger partial charge < -0.3 is 4.90 Å². The first-order valence-corrected chi connectivity index (χ1v) is 9.64. The molecule has 5 nitrogen and oxygen atoms in total. The Balaban J connectivity index is 1.81. The van der Waals surface area contributed by atoms with E-state index in [1.165, 1.54) is 11.5 Å². The van der Waals surface area contributed by atoms with Gasteiger partial charge in [-0.3, -0.25) is 8.94 Å². The zero-order valence-electron chi connectivity index (χ0n) is 13.7. The van der Waals surface area contributed by atoms with Crippen molar-refractivity contribution in [2.24, 2.45) is 4.99 Å². The summed E-state index contributed by atoms with van der Waals surface area (Å²) in [6, 6.07) is 12.6. The molecule has 9 heteroatoms. The maximum absolute atomic E-state index is 12.1. The Morgan fingerprint density at radius 2 is 1.85 bits per heavy atom. The summed E-state index contributed by atoms with van der Waals surface area (Å²) in [5, 5.41) is 1.57. The molecule has 0 atom stereocenters. The average molecular weight is 430 g/mol. The molecule has 0 aliphatic heterocycles. The zero-order valence-corrected chi connectivity index (χ0v) is 16.8. The first-order valence-electron chi connectivity index (χ1n) is 7.69. The van der Waals surface area contributed by atoms with Crippen molar-refractivity contribution in [2.75, 3.05) is 18.5 Å². The number of anilines is 1. The van der Waals surface area contributed by atoms with Crippen LogP contribution in [0.4, 0.5) is 11.4 Å². The lowest BCUT2D eigenvalue weighted by Crippen LogP contribution is -2.32. The number of nitrogens with zero attached hydrogens (tertiary/aromatic N) is 3. The summed E-state index contributed by atoms with van der Waals surface area (Å²) in [5.74, 6) is 0. The van der Waals surface area contributed by atoms with Gasteiger partial charge in [-0.15, -0.1) is 0 Å². The second kappa shape index (κ2) is 8.31. The molecule has 0 aliphatic carbocycles. The quantitative estimate of drug-likeness (QED) is 0.646.